The third-order valence-electron chi connectivity index (χ3n) is 3.67. The van der Waals surface area contributed by atoms with E-state index in [4.69, 9.17) is 5.73 Å². The Balaban J connectivity index is 0.00000180. The van der Waals surface area contributed by atoms with Crippen LogP contribution in [0.3, 0.4) is 0 Å². The lowest BCUT2D eigenvalue weighted by atomic mass is 9.79. The molecule has 5 heteroatoms. The molecule has 2 rings (SSSR count). The Bertz CT molecular complexity index is 465. The molecule has 1 fully saturated rings. The van der Waals surface area contributed by atoms with E-state index < -0.39 is 0 Å². The summed E-state index contributed by atoms with van der Waals surface area (Å²) in [5.41, 5.74) is 6.87. The van der Waals surface area contributed by atoms with Crippen molar-refractivity contribution in [1.29, 1.82) is 0 Å². The Morgan fingerprint density at radius 1 is 1.47 bits per heavy atom. The maximum absolute atomic E-state index is 12.4. The van der Waals surface area contributed by atoms with Gasteiger partial charge in [0.05, 0.1) is 0 Å². The smallest absolute Gasteiger partial charge is 0.253 e. The summed E-state index contributed by atoms with van der Waals surface area (Å²) in [6.07, 6.45) is 0.878. The summed E-state index contributed by atoms with van der Waals surface area (Å²) >= 11 is 2.23. The first-order chi connectivity index (χ1) is 8.40. The van der Waals surface area contributed by atoms with Crippen LogP contribution in [0.15, 0.2) is 24.3 Å². The van der Waals surface area contributed by atoms with Crippen LogP contribution in [0.2, 0.25) is 0 Å². The quantitative estimate of drug-likeness (QED) is 0.745. The molecule has 0 spiro atoms. The molecule has 1 heterocycles. The number of amides is 1. The van der Waals surface area contributed by atoms with Gasteiger partial charge >= 0.3 is 0 Å². The second kappa shape index (κ2) is 6.41. The number of hydrogen-bond acceptors (Lipinski definition) is 2. The molecule has 2 N–H and O–H groups in total. The number of nitrogens with zero attached hydrogens (tertiary/aromatic N) is 1. The van der Waals surface area contributed by atoms with Gasteiger partial charge in [-0.05, 0) is 52.6 Å². The second-order valence-electron chi connectivity index (χ2n) is 5.62. The Hall–Kier alpha value is -0.330. The van der Waals surface area contributed by atoms with Crippen molar-refractivity contribution in [1.82, 2.24) is 4.90 Å². The van der Waals surface area contributed by atoms with Crippen molar-refractivity contribution in [3.63, 3.8) is 0 Å². The van der Waals surface area contributed by atoms with Crippen molar-refractivity contribution in [2.75, 3.05) is 13.1 Å². The number of carbonyl (C=O) groups excluding carboxylic acids is 1. The maximum Gasteiger partial charge on any atom is 0.253 e. The summed E-state index contributed by atoms with van der Waals surface area (Å²) in [5, 5.41) is 0. The monoisotopic (exact) mass is 394 g/mol. The first kappa shape index (κ1) is 16.7. The number of nitrogens with two attached hydrogens (primary N) is 1. The number of benzene rings is 1. The summed E-state index contributed by atoms with van der Waals surface area (Å²) < 4.78 is 1.09. The summed E-state index contributed by atoms with van der Waals surface area (Å²) in [5.74, 6) is 0.119. The highest BCUT2D eigenvalue weighted by Crippen LogP contribution is 2.28. The van der Waals surface area contributed by atoms with Crippen LogP contribution in [-0.4, -0.2) is 29.9 Å². The van der Waals surface area contributed by atoms with Crippen LogP contribution in [0, 0.1) is 8.99 Å². The van der Waals surface area contributed by atoms with Gasteiger partial charge in [-0.25, -0.2) is 0 Å². The minimum absolute atomic E-state index is 0. The van der Waals surface area contributed by atoms with Crippen LogP contribution in [-0.2, 0) is 0 Å². The number of rotatable bonds is 1. The Labute approximate surface area is 134 Å². The van der Waals surface area contributed by atoms with Crippen molar-refractivity contribution in [2.45, 2.75) is 26.3 Å². The van der Waals surface area contributed by atoms with Crippen LogP contribution in [0.25, 0.3) is 0 Å². The highest BCUT2D eigenvalue weighted by Gasteiger charge is 2.35. The van der Waals surface area contributed by atoms with Gasteiger partial charge in [0.1, 0.15) is 0 Å². The molecular weight excluding hydrogens is 375 g/mol. The minimum Gasteiger partial charge on any atom is -0.338 e. The van der Waals surface area contributed by atoms with Crippen LogP contribution in [0.5, 0.6) is 0 Å². The molecule has 1 aliphatic heterocycles. The summed E-state index contributed by atoms with van der Waals surface area (Å²) in [6.45, 7) is 5.76. The highest BCUT2D eigenvalue weighted by atomic mass is 127. The second-order valence-corrected chi connectivity index (χ2v) is 6.87. The molecule has 3 nitrogen and oxygen atoms in total. The van der Waals surface area contributed by atoms with Gasteiger partial charge in [-0.2, -0.15) is 0 Å². The summed E-state index contributed by atoms with van der Waals surface area (Å²) in [7, 11) is 0. The molecule has 19 heavy (non-hydrogen) atoms. The van der Waals surface area contributed by atoms with Crippen LogP contribution < -0.4 is 5.73 Å². The van der Waals surface area contributed by atoms with E-state index in [9.17, 15) is 4.79 Å². The van der Waals surface area contributed by atoms with Gasteiger partial charge in [0, 0.05) is 28.3 Å². The SMILES string of the molecule is CC1(C)CN(C(=O)c2cccc(I)c2)CCC1N.Cl. The van der Waals surface area contributed by atoms with Crippen molar-refractivity contribution in [2.24, 2.45) is 11.1 Å². The Morgan fingerprint density at radius 2 is 2.16 bits per heavy atom. The van der Waals surface area contributed by atoms with Gasteiger partial charge in [0.2, 0.25) is 0 Å². The molecule has 0 radical (unpaired) electrons. The molecule has 0 aliphatic carbocycles. The zero-order valence-corrected chi connectivity index (χ0v) is 14.2. The Morgan fingerprint density at radius 3 is 2.74 bits per heavy atom. The van der Waals surface area contributed by atoms with Gasteiger partial charge in [-0.1, -0.05) is 19.9 Å². The molecule has 1 unspecified atom stereocenters. The number of likely N-dealkylation sites (tertiary alicyclic amines) is 1. The average Bonchev–Trinajstić information content (AvgIpc) is 2.31. The lowest BCUT2D eigenvalue weighted by Gasteiger charge is -2.42. The molecule has 0 bridgehead atoms. The van der Waals surface area contributed by atoms with Gasteiger partial charge in [0.15, 0.2) is 0 Å². The zero-order valence-electron chi connectivity index (χ0n) is 11.2. The lowest BCUT2D eigenvalue weighted by molar-refractivity contribution is 0.0533. The van der Waals surface area contributed by atoms with E-state index in [0.717, 1.165) is 28.6 Å². The third kappa shape index (κ3) is 3.83. The summed E-state index contributed by atoms with van der Waals surface area (Å²) in [4.78, 5) is 14.4. The number of halogens is 2. The standard InChI is InChI=1S/C14H19IN2O.ClH/c1-14(2)9-17(7-6-12(14)16)13(18)10-4-3-5-11(15)8-10;/h3-5,8,12H,6-7,9,16H2,1-2H3;1H. The van der Waals surface area contributed by atoms with E-state index in [1.807, 2.05) is 29.2 Å². The van der Waals surface area contributed by atoms with Gasteiger partial charge in [-0.15, -0.1) is 12.4 Å². The molecule has 1 aromatic rings. The molecule has 1 saturated heterocycles. The predicted molar refractivity (Wildman–Crippen MR) is 88.7 cm³/mol. The van der Waals surface area contributed by atoms with Gasteiger partial charge in [-0.3, -0.25) is 4.79 Å². The van der Waals surface area contributed by atoms with Crippen LogP contribution >= 0.6 is 35.0 Å². The first-order valence-electron chi connectivity index (χ1n) is 6.20. The van der Waals surface area contributed by atoms with E-state index in [1.54, 1.807) is 0 Å². The lowest BCUT2D eigenvalue weighted by Crippen LogP contribution is -2.54. The van der Waals surface area contributed by atoms with E-state index in [2.05, 4.69) is 36.4 Å². The fourth-order valence-electron chi connectivity index (χ4n) is 2.35. The molecule has 1 aliphatic rings. The zero-order chi connectivity index (χ0) is 13.3. The maximum atomic E-state index is 12.4. The van der Waals surface area contributed by atoms with E-state index in [1.165, 1.54) is 0 Å². The number of carbonyl (C=O) groups is 1. The molecule has 1 amide bonds. The van der Waals surface area contributed by atoms with Crippen LogP contribution in [0.1, 0.15) is 30.6 Å². The fourth-order valence-corrected chi connectivity index (χ4v) is 2.89. The molecule has 1 atom stereocenters. The van der Waals surface area contributed by atoms with Crippen molar-refractivity contribution < 1.29 is 4.79 Å². The predicted octanol–water partition coefficient (Wildman–Crippen LogP) is 2.91. The Kier molecular flexibility index (Phi) is 5.65. The van der Waals surface area contributed by atoms with Crippen molar-refractivity contribution in [3.05, 3.63) is 33.4 Å². The number of piperidine rings is 1. The minimum atomic E-state index is -0.00412. The van der Waals surface area contributed by atoms with E-state index in [-0.39, 0.29) is 29.8 Å². The molecule has 1 aromatic carbocycles. The van der Waals surface area contributed by atoms with Crippen molar-refractivity contribution in [3.8, 4) is 0 Å². The molecular formula is C14H20ClIN2O. The summed E-state index contributed by atoms with van der Waals surface area (Å²) in [6, 6.07) is 7.91. The first-order valence-corrected chi connectivity index (χ1v) is 7.28. The van der Waals surface area contributed by atoms with Gasteiger partial charge in [0.25, 0.3) is 5.91 Å². The normalized spacial score (nSPS) is 21.7. The number of hydrogen-bond donors (Lipinski definition) is 1. The average molecular weight is 395 g/mol. The van der Waals surface area contributed by atoms with Crippen molar-refractivity contribution >= 4 is 40.9 Å². The third-order valence-corrected chi connectivity index (χ3v) is 4.34. The largest absolute Gasteiger partial charge is 0.338 e. The fraction of sp³-hybridized carbons (Fsp3) is 0.500. The molecule has 106 valence electrons. The molecule has 0 aromatic heterocycles. The van der Waals surface area contributed by atoms with E-state index in [0.29, 0.717) is 0 Å². The molecule has 0 saturated carbocycles. The topological polar surface area (TPSA) is 46.3 Å². The van der Waals surface area contributed by atoms with E-state index >= 15 is 0 Å². The van der Waals surface area contributed by atoms with Crippen LogP contribution in [0.4, 0.5) is 0 Å². The van der Waals surface area contributed by atoms with Gasteiger partial charge < -0.3 is 10.6 Å². The highest BCUT2D eigenvalue weighted by molar-refractivity contribution is 14.1.